The highest BCUT2D eigenvalue weighted by molar-refractivity contribution is 7.47. The fraction of sp³-hybridized carbons (Fsp3) is 0.667. The summed E-state index contributed by atoms with van der Waals surface area (Å²) in [5, 5.41) is 0. The van der Waals surface area contributed by atoms with E-state index in [0.717, 1.165) is 44.9 Å². The molecule has 0 spiro atoms. The average molecular weight is 776 g/mol. The number of hydrogen-bond acceptors (Lipinski definition) is 7. The first kappa shape index (κ1) is 51.5. The fourth-order valence-corrected chi connectivity index (χ4v) is 5.96. The van der Waals surface area contributed by atoms with Crippen LogP contribution in [0.25, 0.3) is 0 Å². The number of allylic oxidation sites excluding steroid dienone is 13. The number of esters is 1. The second-order valence-corrected chi connectivity index (χ2v) is 15.0. The summed E-state index contributed by atoms with van der Waals surface area (Å²) in [5.74, 6) is -0.375. The topological polar surface area (TPSA) is 117 Å². The Kier molecular flexibility index (Phi) is 39.8. The van der Waals surface area contributed by atoms with Crippen molar-refractivity contribution in [1.29, 1.82) is 0 Å². The van der Waals surface area contributed by atoms with E-state index in [-0.39, 0.29) is 38.8 Å². The van der Waals surface area contributed by atoms with Crippen molar-refractivity contribution in [2.24, 2.45) is 5.73 Å². The van der Waals surface area contributed by atoms with E-state index in [9.17, 15) is 14.3 Å². The lowest BCUT2D eigenvalue weighted by Gasteiger charge is -2.19. The van der Waals surface area contributed by atoms with Crippen molar-refractivity contribution in [1.82, 2.24) is 0 Å². The van der Waals surface area contributed by atoms with Crippen LogP contribution in [0.2, 0.25) is 0 Å². The predicted molar refractivity (Wildman–Crippen MR) is 228 cm³/mol. The molecule has 0 saturated heterocycles. The lowest BCUT2D eigenvalue weighted by Crippen LogP contribution is -2.25. The summed E-state index contributed by atoms with van der Waals surface area (Å²) >= 11 is 0. The molecule has 0 bridgehead atoms. The molecule has 310 valence electrons. The summed E-state index contributed by atoms with van der Waals surface area (Å²) in [7, 11) is -4.29. The molecule has 0 aromatic heterocycles. The van der Waals surface area contributed by atoms with Crippen molar-refractivity contribution in [3.05, 3.63) is 85.3 Å². The Morgan fingerprint density at radius 2 is 1.00 bits per heavy atom. The first-order valence-electron chi connectivity index (χ1n) is 21.1. The second kappa shape index (κ2) is 41.7. The molecule has 0 fully saturated rings. The number of phosphoric acid groups is 1. The molecule has 0 aromatic carbocycles. The molecule has 1 unspecified atom stereocenters. The molecular weight excluding hydrogens is 697 g/mol. The SMILES string of the molecule is CCCCCC=CCC=CCC=CCC=CCC=CCCC(=O)OC[C@H](COP(=O)(O)OCCN)OC=CCCCCCCCCC=CCCCCCC. The third-order valence-electron chi connectivity index (χ3n) is 8.39. The molecule has 9 heteroatoms. The molecule has 2 atom stereocenters. The van der Waals surface area contributed by atoms with Gasteiger partial charge in [0.05, 0.1) is 19.5 Å². The van der Waals surface area contributed by atoms with Crippen molar-refractivity contribution in [2.75, 3.05) is 26.4 Å². The predicted octanol–water partition coefficient (Wildman–Crippen LogP) is 12.9. The number of unbranched alkanes of at least 4 members (excludes halogenated alkanes) is 14. The minimum atomic E-state index is -4.29. The normalized spacial score (nSPS) is 14.3. The van der Waals surface area contributed by atoms with E-state index >= 15 is 0 Å². The Morgan fingerprint density at radius 3 is 1.54 bits per heavy atom. The lowest BCUT2D eigenvalue weighted by molar-refractivity contribution is -0.147. The largest absolute Gasteiger partial charge is 0.492 e. The lowest BCUT2D eigenvalue weighted by atomic mass is 10.1. The Morgan fingerprint density at radius 1 is 0.574 bits per heavy atom. The van der Waals surface area contributed by atoms with Gasteiger partial charge in [-0.05, 0) is 89.5 Å². The summed E-state index contributed by atoms with van der Waals surface area (Å²) in [6.07, 6.45) is 54.2. The van der Waals surface area contributed by atoms with Gasteiger partial charge in [-0.3, -0.25) is 13.8 Å². The molecule has 0 radical (unpaired) electrons. The number of carbonyl (C=O) groups excluding carboxylic acids is 1. The van der Waals surface area contributed by atoms with Gasteiger partial charge in [0, 0.05) is 13.0 Å². The zero-order chi connectivity index (χ0) is 39.5. The first-order valence-corrected chi connectivity index (χ1v) is 22.6. The van der Waals surface area contributed by atoms with Gasteiger partial charge in [0.1, 0.15) is 6.61 Å². The van der Waals surface area contributed by atoms with E-state index in [2.05, 4.69) is 74.6 Å². The van der Waals surface area contributed by atoms with Crippen LogP contribution in [0.4, 0.5) is 0 Å². The van der Waals surface area contributed by atoms with Crippen molar-refractivity contribution >= 4 is 13.8 Å². The van der Waals surface area contributed by atoms with Gasteiger partial charge in [-0.2, -0.15) is 0 Å². The van der Waals surface area contributed by atoms with Crippen LogP contribution >= 0.6 is 7.82 Å². The van der Waals surface area contributed by atoms with Crippen LogP contribution in [0.3, 0.4) is 0 Å². The van der Waals surface area contributed by atoms with Crippen LogP contribution < -0.4 is 5.73 Å². The zero-order valence-corrected chi connectivity index (χ0v) is 35.1. The maximum Gasteiger partial charge on any atom is 0.472 e. The molecule has 0 aliphatic heterocycles. The molecule has 54 heavy (non-hydrogen) atoms. The average Bonchev–Trinajstić information content (AvgIpc) is 3.16. The summed E-state index contributed by atoms with van der Waals surface area (Å²) < 4.78 is 33.1. The number of carbonyl (C=O) groups is 1. The number of rotatable bonds is 39. The summed E-state index contributed by atoms with van der Waals surface area (Å²) in [4.78, 5) is 22.2. The summed E-state index contributed by atoms with van der Waals surface area (Å²) in [6.45, 7) is 4.06. The molecule has 0 saturated carbocycles. The molecule has 8 nitrogen and oxygen atoms in total. The molecule has 0 heterocycles. The van der Waals surface area contributed by atoms with Crippen LogP contribution in [-0.2, 0) is 27.9 Å². The minimum Gasteiger partial charge on any atom is -0.492 e. The minimum absolute atomic E-state index is 0.0861. The van der Waals surface area contributed by atoms with Gasteiger partial charge in [0.15, 0.2) is 6.10 Å². The zero-order valence-electron chi connectivity index (χ0n) is 34.2. The van der Waals surface area contributed by atoms with Crippen LogP contribution in [-0.4, -0.2) is 43.3 Å². The number of ether oxygens (including phenoxy) is 2. The van der Waals surface area contributed by atoms with Crippen molar-refractivity contribution in [3.63, 3.8) is 0 Å². The van der Waals surface area contributed by atoms with Gasteiger partial charge >= 0.3 is 13.8 Å². The molecule has 0 aromatic rings. The van der Waals surface area contributed by atoms with Gasteiger partial charge in [0.25, 0.3) is 0 Å². The van der Waals surface area contributed by atoms with Crippen LogP contribution in [0.1, 0.15) is 162 Å². The molecule has 0 aliphatic rings. The van der Waals surface area contributed by atoms with Gasteiger partial charge in [-0.15, -0.1) is 0 Å². The third kappa shape index (κ3) is 40.7. The number of nitrogens with two attached hydrogens (primary N) is 1. The fourth-order valence-electron chi connectivity index (χ4n) is 5.19. The van der Waals surface area contributed by atoms with Crippen LogP contribution in [0.5, 0.6) is 0 Å². The van der Waals surface area contributed by atoms with E-state index in [1.165, 1.54) is 89.9 Å². The maximum absolute atomic E-state index is 12.4. The highest BCUT2D eigenvalue weighted by Crippen LogP contribution is 2.43. The van der Waals surface area contributed by atoms with E-state index in [4.69, 9.17) is 24.3 Å². The van der Waals surface area contributed by atoms with E-state index in [1.54, 1.807) is 6.26 Å². The molecule has 0 rings (SSSR count). The van der Waals surface area contributed by atoms with E-state index < -0.39 is 13.9 Å². The van der Waals surface area contributed by atoms with Crippen molar-refractivity contribution < 1.29 is 32.8 Å². The van der Waals surface area contributed by atoms with Crippen LogP contribution in [0, 0.1) is 0 Å². The van der Waals surface area contributed by atoms with Gasteiger partial charge < -0.3 is 20.1 Å². The number of phosphoric ester groups is 1. The standard InChI is InChI=1S/C45H78NO7P/c1-3-5-7-9-11-13-15-17-19-21-22-23-24-26-28-30-32-34-36-38-45(47)51-42-44(43-53-54(48,49)52-41-39-46)50-40-37-35-33-31-29-27-25-20-18-16-14-12-10-8-6-4-2/h11,13-14,16-17,19,22-23,26,28,32,34,37,40,44H,3-10,12,15,18,20-21,24-25,27,29-31,33,35-36,38-39,41-43,46H2,1-2H3,(H,48,49)/t44-/m1/s1. The van der Waals surface area contributed by atoms with E-state index in [1.807, 2.05) is 18.2 Å². The quantitative estimate of drug-likeness (QED) is 0.0208. The monoisotopic (exact) mass is 776 g/mol. The Hall–Kier alpha value is -2.48. The first-order chi connectivity index (χ1) is 26.4. The Bertz CT molecular complexity index is 1100. The van der Waals surface area contributed by atoms with Crippen molar-refractivity contribution in [3.8, 4) is 0 Å². The van der Waals surface area contributed by atoms with Crippen LogP contribution in [0.15, 0.2) is 85.3 Å². The Balaban J connectivity index is 4.25. The highest BCUT2D eigenvalue weighted by atomic mass is 31.2. The molecular formula is C45H78NO7P. The molecule has 0 aliphatic carbocycles. The molecule has 0 amide bonds. The molecule has 3 N–H and O–H groups in total. The van der Waals surface area contributed by atoms with E-state index in [0.29, 0.717) is 6.42 Å². The van der Waals surface area contributed by atoms with Crippen molar-refractivity contribution in [2.45, 2.75) is 168 Å². The summed E-state index contributed by atoms with van der Waals surface area (Å²) in [6, 6.07) is 0. The Labute approximate surface area is 330 Å². The summed E-state index contributed by atoms with van der Waals surface area (Å²) in [5.41, 5.74) is 5.36. The second-order valence-electron chi connectivity index (χ2n) is 13.6. The van der Waals surface area contributed by atoms with Gasteiger partial charge in [0.2, 0.25) is 0 Å². The third-order valence-corrected chi connectivity index (χ3v) is 9.37. The smallest absolute Gasteiger partial charge is 0.472 e. The van der Waals surface area contributed by atoms with Gasteiger partial charge in [-0.1, -0.05) is 145 Å². The maximum atomic E-state index is 12.4. The van der Waals surface area contributed by atoms with Gasteiger partial charge in [-0.25, -0.2) is 4.57 Å². The number of hydrogen-bond donors (Lipinski definition) is 2. The highest BCUT2D eigenvalue weighted by Gasteiger charge is 2.24.